The van der Waals surface area contributed by atoms with E-state index in [1.165, 1.54) is 0 Å². The summed E-state index contributed by atoms with van der Waals surface area (Å²) in [5, 5.41) is 0. The van der Waals surface area contributed by atoms with Gasteiger partial charge in [-0.1, -0.05) is 18.2 Å². The molecule has 0 bridgehead atoms. The lowest BCUT2D eigenvalue weighted by atomic mass is 10.1. The molecule has 5 nitrogen and oxygen atoms in total. The van der Waals surface area contributed by atoms with E-state index in [-0.39, 0.29) is 5.91 Å². The molecule has 1 aromatic carbocycles. The number of aromatic nitrogens is 1. The highest BCUT2D eigenvalue weighted by Gasteiger charge is 2.21. The Morgan fingerprint density at radius 3 is 2.78 bits per heavy atom. The number of amides is 1. The van der Waals surface area contributed by atoms with Crippen LogP contribution in [0.4, 0.5) is 0 Å². The van der Waals surface area contributed by atoms with Crippen LogP contribution in [-0.2, 0) is 6.54 Å². The zero-order chi connectivity index (χ0) is 18.5. The summed E-state index contributed by atoms with van der Waals surface area (Å²) < 4.78 is 5.45. The second-order valence-corrected chi connectivity index (χ2v) is 6.80. The third kappa shape index (κ3) is 4.26. The Balaban J connectivity index is 1.42. The Kier molecular flexibility index (Phi) is 5.30. The predicted octanol–water partition coefficient (Wildman–Crippen LogP) is 3.69. The van der Waals surface area contributed by atoms with E-state index in [2.05, 4.69) is 9.88 Å². The van der Waals surface area contributed by atoms with Gasteiger partial charge in [0.1, 0.15) is 5.76 Å². The van der Waals surface area contributed by atoms with Gasteiger partial charge in [-0.15, -0.1) is 0 Å². The van der Waals surface area contributed by atoms with E-state index in [4.69, 9.17) is 4.42 Å². The molecule has 27 heavy (non-hydrogen) atoms. The molecule has 3 aromatic rings. The number of hydrogen-bond acceptors (Lipinski definition) is 4. The van der Waals surface area contributed by atoms with Crippen molar-refractivity contribution in [1.29, 1.82) is 0 Å². The Hall–Kier alpha value is -2.92. The zero-order valence-electron chi connectivity index (χ0n) is 15.3. The number of benzene rings is 1. The minimum Gasteiger partial charge on any atom is -0.464 e. The molecular formula is C22H23N3O2. The van der Waals surface area contributed by atoms with E-state index in [0.29, 0.717) is 5.56 Å². The number of carbonyl (C=O) groups excluding carboxylic acids is 1. The molecule has 5 heteroatoms. The molecular weight excluding hydrogens is 338 g/mol. The first-order valence-corrected chi connectivity index (χ1v) is 9.35. The van der Waals surface area contributed by atoms with Gasteiger partial charge in [0, 0.05) is 50.0 Å². The van der Waals surface area contributed by atoms with Crippen molar-refractivity contribution in [2.24, 2.45) is 0 Å². The van der Waals surface area contributed by atoms with Crippen molar-refractivity contribution in [1.82, 2.24) is 14.8 Å². The van der Waals surface area contributed by atoms with Crippen LogP contribution in [0.25, 0.3) is 11.3 Å². The normalized spacial score (nSPS) is 15.5. The van der Waals surface area contributed by atoms with Crippen LogP contribution in [0.15, 0.2) is 71.5 Å². The first-order valence-electron chi connectivity index (χ1n) is 9.35. The van der Waals surface area contributed by atoms with Crippen LogP contribution in [0.5, 0.6) is 0 Å². The first kappa shape index (κ1) is 17.5. The van der Waals surface area contributed by atoms with Gasteiger partial charge in [-0.2, -0.15) is 0 Å². The summed E-state index contributed by atoms with van der Waals surface area (Å²) in [4.78, 5) is 21.7. The maximum atomic E-state index is 13.0. The molecule has 3 heterocycles. The van der Waals surface area contributed by atoms with E-state index in [0.717, 1.165) is 56.2 Å². The fraction of sp³-hybridized carbons (Fsp3) is 0.273. The Labute approximate surface area is 159 Å². The van der Waals surface area contributed by atoms with Gasteiger partial charge in [-0.25, -0.2) is 0 Å². The van der Waals surface area contributed by atoms with Crippen molar-refractivity contribution in [3.05, 3.63) is 78.3 Å². The average Bonchev–Trinajstić information content (AvgIpc) is 3.16. The maximum Gasteiger partial charge on any atom is 0.253 e. The summed E-state index contributed by atoms with van der Waals surface area (Å²) in [6, 6.07) is 17.4. The number of carbonyl (C=O) groups is 1. The van der Waals surface area contributed by atoms with Crippen LogP contribution in [0.1, 0.15) is 22.5 Å². The highest BCUT2D eigenvalue weighted by Crippen LogP contribution is 2.22. The van der Waals surface area contributed by atoms with E-state index in [1.807, 2.05) is 65.7 Å². The van der Waals surface area contributed by atoms with Crippen LogP contribution in [0.3, 0.4) is 0 Å². The molecule has 0 aliphatic carbocycles. The van der Waals surface area contributed by atoms with Crippen LogP contribution in [0, 0.1) is 0 Å². The molecule has 138 valence electrons. The lowest BCUT2D eigenvalue weighted by Crippen LogP contribution is -2.35. The highest BCUT2D eigenvalue weighted by atomic mass is 16.3. The molecule has 1 saturated heterocycles. The van der Waals surface area contributed by atoms with Gasteiger partial charge in [-0.3, -0.25) is 14.7 Å². The number of pyridine rings is 1. The van der Waals surface area contributed by atoms with Crippen molar-refractivity contribution in [2.45, 2.75) is 13.0 Å². The van der Waals surface area contributed by atoms with Crippen LogP contribution in [-0.4, -0.2) is 46.9 Å². The molecule has 0 radical (unpaired) electrons. The summed E-state index contributed by atoms with van der Waals surface area (Å²) in [6.07, 6.45) is 4.44. The number of rotatable bonds is 4. The zero-order valence-corrected chi connectivity index (χ0v) is 15.3. The molecule has 4 rings (SSSR count). The van der Waals surface area contributed by atoms with Gasteiger partial charge >= 0.3 is 0 Å². The first-order chi connectivity index (χ1) is 13.3. The fourth-order valence-electron chi connectivity index (χ4n) is 3.48. The minimum atomic E-state index is 0.0862. The summed E-state index contributed by atoms with van der Waals surface area (Å²) in [6.45, 7) is 4.18. The monoisotopic (exact) mass is 361 g/mol. The Morgan fingerprint density at radius 1 is 1.00 bits per heavy atom. The standard InChI is InChI=1S/C22H23N3O2/c26-22(19-7-3-6-18(16-19)21-9-4-15-27-21)25-12-5-11-24(13-14-25)17-20-8-1-2-10-23-20/h1-4,6-10,15-16H,5,11-14,17H2. The van der Waals surface area contributed by atoms with Gasteiger partial charge in [-0.05, 0) is 42.8 Å². The van der Waals surface area contributed by atoms with E-state index < -0.39 is 0 Å². The minimum absolute atomic E-state index is 0.0862. The molecule has 0 unspecified atom stereocenters. The topological polar surface area (TPSA) is 49.6 Å². The molecule has 1 fully saturated rings. The van der Waals surface area contributed by atoms with Crippen molar-refractivity contribution in [2.75, 3.05) is 26.2 Å². The van der Waals surface area contributed by atoms with Crippen molar-refractivity contribution >= 4 is 5.91 Å². The number of furan rings is 1. The third-order valence-electron chi connectivity index (χ3n) is 4.90. The second-order valence-electron chi connectivity index (χ2n) is 6.80. The molecule has 0 N–H and O–H groups in total. The van der Waals surface area contributed by atoms with E-state index >= 15 is 0 Å². The van der Waals surface area contributed by atoms with Crippen LogP contribution in [0.2, 0.25) is 0 Å². The van der Waals surface area contributed by atoms with Gasteiger partial charge in [0.25, 0.3) is 5.91 Å². The molecule has 1 aliphatic rings. The van der Waals surface area contributed by atoms with Gasteiger partial charge < -0.3 is 9.32 Å². The Bertz CT molecular complexity index is 878. The summed E-state index contributed by atoms with van der Waals surface area (Å²) in [5.74, 6) is 0.866. The summed E-state index contributed by atoms with van der Waals surface area (Å²) in [5.41, 5.74) is 2.71. The van der Waals surface area contributed by atoms with E-state index in [9.17, 15) is 4.79 Å². The SMILES string of the molecule is O=C(c1cccc(-c2ccco2)c1)N1CCCN(Cc2ccccn2)CC1. The predicted molar refractivity (Wildman–Crippen MR) is 104 cm³/mol. The molecule has 0 spiro atoms. The van der Waals surface area contributed by atoms with Crippen LogP contribution < -0.4 is 0 Å². The smallest absolute Gasteiger partial charge is 0.253 e. The Morgan fingerprint density at radius 2 is 1.96 bits per heavy atom. The lowest BCUT2D eigenvalue weighted by Gasteiger charge is -2.22. The highest BCUT2D eigenvalue weighted by molar-refractivity contribution is 5.95. The second kappa shape index (κ2) is 8.18. The van der Waals surface area contributed by atoms with E-state index in [1.54, 1.807) is 6.26 Å². The fourth-order valence-corrected chi connectivity index (χ4v) is 3.48. The lowest BCUT2D eigenvalue weighted by molar-refractivity contribution is 0.0761. The molecule has 0 atom stereocenters. The van der Waals surface area contributed by atoms with Gasteiger partial charge in [0.15, 0.2) is 0 Å². The van der Waals surface area contributed by atoms with Crippen molar-refractivity contribution in [3.8, 4) is 11.3 Å². The van der Waals surface area contributed by atoms with Crippen molar-refractivity contribution in [3.63, 3.8) is 0 Å². The average molecular weight is 361 g/mol. The van der Waals surface area contributed by atoms with Gasteiger partial charge in [0.2, 0.25) is 0 Å². The number of nitrogens with zero attached hydrogens (tertiary/aromatic N) is 3. The van der Waals surface area contributed by atoms with Crippen LogP contribution >= 0.6 is 0 Å². The molecule has 1 amide bonds. The quantitative estimate of drug-likeness (QED) is 0.711. The maximum absolute atomic E-state index is 13.0. The van der Waals surface area contributed by atoms with Gasteiger partial charge in [0.05, 0.1) is 12.0 Å². The largest absolute Gasteiger partial charge is 0.464 e. The summed E-state index contributed by atoms with van der Waals surface area (Å²) >= 11 is 0. The molecule has 0 saturated carbocycles. The molecule has 1 aliphatic heterocycles. The van der Waals surface area contributed by atoms with Crippen molar-refractivity contribution < 1.29 is 9.21 Å². The molecule has 2 aromatic heterocycles. The summed E-state index contributed by atoms with van der Waals surface area (Å²) in [7, 11) is 0. The number of hydrogen-bond donors (Lipinski definition) is 0. The third-order valence-corrected chi connectivity index (χ3v) is 4.90.